The molecule has 1 aromatic heterocycles. The van der Waals surface area contributed by atoms with E-state index in [9.17, 15) is 4.79 Å². The van der Waals surface area contributed by atoms with Crippen LogP contribution in [0.3, 0.4) is 0 Å². The molecule has 0 radical (unpaired) electrons. The molecule has 0 atom stereocenters. The molecule has 0 unspecified atom stereocenters. The minimum absolute atomic E-state index is 0.0227. The number of aliphatic hydroxyl groups is 1. The number of nitrogens with zero attached hydrogens (tertiary/aromatic N) is 3. The third-order valence-electron chi connectivity index (χ3n) is 3.61. The van der Waals surface area contributed by atoms with Crippen molar-refractivity contribution in [2.75, 3.05) is 25.0 Å². The Labute approximate surface area is 119 Å². The first-order valence-corrected chi connectivity index (χ1v) is 7.25. The van der Waals surface area contributed by atoms with E-state index in [1.165, 1.54) is 0 Å². The predicted octanol–water partition coefficient (Wildman–Crippen LogP) is 1.29. The van der Waals surface area contributed by atoms with Crippen molar-refractivity contribution in [3.63, 3.8) is 0 Å². The zero-order valence-electron chi connectivity index (χ0n) is 11.9. The Morgan fingerprint density at radius 2 is 2.15 bits per heavy atom. The molecule has 20 heavy (non-hydrogen) atoms. The standard InChI is InChI=1S/C14H22N4O2/c1-2-15-13-8-7-12(16-17-13)14(20)18(9-10-19)11-5-3-4-6-11/h7-8,11,19H,2-6,9-10H2,1H3,(H,15,17). The van der Waals surface area contributed by atoms with E-state index >= 15 is 0 Å². The molecule has 0 aromatic carbocycles. The van der Waals surface area contributed by atoms with Gasteiger partial charge < -0.3 is 15.3 Å². The number of rotatable bonds is 6. The van der Waals surface area contributed by atoms with Gasteiger partial charge in [-0.2, -0.15) is 0 Å². The molecule has 6 nitrogen and oxygen atoms in total. The number of carbonyl (C=O) groups excluding carboxylic acids is 1. The molecule has 1 aliphatic carbocycles. The van der Waals surface area contributed by atoms with Gasteiger partial charge in [0, 0.05) is 19.1 Å². The fraction of sp³-hybridized carbons (Fsp3) is 0.643. The van der Waals surface area contributed by atoms with Crippen molar-refractivity contribution in [2.45, 2.75) is 38.6 Å². The number of aliphatic hydroxyl groups excluding tert-OH is 1. The molecular formula is C14H22N4O2. The summed E-state index contributed by atoms with van der Waals surface area (Å²) in [6.07, 6.45) is 4.30. The maximum Gasteiger partial charge on any atom is 0.274 e. The summed E-state index contributed by atoms with van der Waals surface area (Å²) >= 11 is 0. The summed E-state index contributed by atoms with van der Waals surface area (Å²) in [6.45, 7) is 3.08. The highest BCUT2D eigenvalue weighted by molar-refractivity contribution is 5.92. The lowest BCUT2D eigenvalue weighted by Crippen LogP contribution is -2.41. The predicted molar refractivity (Wildman–Crippen MR) is 76.6 cm³/mol. The Morgan fingerprint density at radius 1 is 1.40 bits per heavy atom. The van der Waals surface area contributed by atoms with Gasteiger partial charge in [0.25, 0.3) is 5.91 Å². The zero-order valence-corrected chi connectivity index (χ0v) is 11.9. The average molecular weight is 278 g/mol. The van der Waals surface area contributed by atoms with Crippen LogP contribution in [-0.2, 0) is 0 Å². The Hall–Kier alpha value is -1.69. The molecule has 1 fully saturated rings. The molecule has 1 aromatic rings. The summed E-state index contributed by atoms with van der Waals surface area (Å²) in [5.74, 6) is 0.528. The first-order chi connectivity index (χ1) is 9.76. The molecular weight excluding hydrogens is 256 g/mol. The normalized spacial score (nSPS) is 15.3. The summed E-state index contributed by atoms with van der Waals surface area (Å²) in [6, 6.07) is 3.67. The van der Waals surface area contributed by atoms with Gasteiger partial charge in [0.15, 0.2) is 5.69 Å². The number of nitrogens with one attached hydrogen (secondary N) is 1. The van der Waals surface area contributed by atoms with Crippen LogP contribution in [0.15, 0.2) is 12.1 Å². The summed E-state index contributed by atoms with van der Waals surface area (Å²) in [7, 11) is 0. The van der Waals surface area contributed by atoms with Crippen LogP contribution >= 0.6 is 0 Å². The third-order valence-corrected chi connectivity index (χ3v) is 3.61. The van der Waals surface area contributed by atoms with Crippen molar-refractivity contribution in [3.05, 3.63) is 17.8 Å². The van der Waals surface area contributed by atoms with E-state index < -0.39 is 0 Å². The van der Waals surface area contributed by atoms with Gasteiger partial charge in [-0.3, -0.25) is 4.79 Å². The minimum atomic E-state index is -0.138. The number of hydrogen-bond donors (Lipinski definition) is 2. The Kier molecular flexibility index (Phi) is 5.29. The molecule has 0 saturated heterocycles. The molecule has 2 N–H and O–H groups in total. The minimum Gasteiger partial charge on any atom is -0.395 e. The van der Waals surface area contributed by atoms with Crippen molar-refractivity contribution >= 4 is 11.7 Å². The van der Waals surface area contributed by atoms with E-state index in [0.29, 0.717) is 18.1 Å². The Bertz CT molecular complexity index is 429. The van der Waals surface area contributed by atoms with E-state index in [2.05, 4.69) is 15.5 Å². The van der Waals surface area contributed by atoms with E-state index in [-0.39, 0.29) is 18.6 Å². The van der Waals surface area contributed by atoms with Crippen LogP contribution in [0, 0.1) is 0 Å². The zero-order chi connectivity index (χ0) is 14.4. The smallest absolute Gasteiger partial charge is 0.274 e. The lowest BCUT2D eigenvalue weighted by atomic mass is 10.2. The van der Waals surface area contributed by atoms with Gasteiger partial charge in [0.2, 0.25) is 0 Å². The van der Waals surface area contributed by atoms with E-state index in [4.69, 9.17) is 5.11 Å². The number of anilines is 1. The second-order valence-electron chi connectivity index (χ2n) is 4.99. The largest absolute Gasteiger partial charge is 0.395 e. The maximum atomic E-state index is 12.5. The Balaban J connectivity index is 2.09. The molecule has 1 heterocycles. The van der Waals surface area contributed by atoms with E-state index in [1.54, 1.807) is 17.0 Å². The number of carbonyl (C=O) groups is 1. The summed E-state index contributed by atoms with van der Waals surface area (Å²) in [5.41, 5.74) is 0.340. The number of aromatic nitrogens is 2. The summed E-state index contributed by atoms with van der Waals surface area (Å²) < 4.78 is 0. The molecule has 110 valence electrons. The van der Waals surface area contributed by atoms with Crippen molar-refractivity contribution in [1.29, 1.82) is 0 Å². The van der Waals surface area contributed by atoms with Crippen LogP contribution in [0.25, 0.3) is 0 Å². The van der Waals surface area contributed by atoms with Gasteiger partial charge in [-0.05, 0) is 31.9 Å². The number of hydrogen-bond acceptors (Lipinski definition) is 5. The molecule has 2 rings (SSSR count). The maximum absolute atomic E-state index is 12.5. The van der Waals surface area contributed by atoms with Crippen molar-refractivity contribution in [3.8, 4) is 0 Å². The first kappa shape index (κ1) is 14.7. The van der Waals surface area contributed by atoms with Gasteiger partial charge in [-0.1, -0.05) is 12.8 Å². The first-order valence-electron chi connectivity index (χ1n) is 7.25. The lowest BCUT2D eigenvalue weighted by Gasteiger charge is -2.27. The van der Waals surface area contributed by atoms with Crippen LogP contribution < -0.4 is 5.32 Å². The number of amides is 1. The van der Waals surface area contributed by atoms with E-state index in [0.717, 1.165) is 32.2 Å². The monoisotopic (exact) mass is 278 g/mol. The van der Waals surface area contributed by atoms with Gasteiger partial charge >= 0.3 is 0 Å². The SMILES string of the molecule is CCNc1ccc(C(=O)N(CCO)C2CCCC2)nn1. The van der Waals surface area contributed by atoms with Gasteiger partial charge in [0.1, 0.15) is 5.82 Å². The van der Waals surface area contributed by atoms with Crippen LogP contribution in [-0.4, -0.2) is 51.8 Å². The van der Waals surface area contributed by atoms with Crippen molar-refractivity contribution in [2.24, 2.45) is 0 Å². The molecule has 0 spiro atoms. The second kappa shape index (κ2) is 7.19. The molecule has 1 saturated carbocycles. The lowest BCUT2D eigenvalue weighted by molar-refractivity contribution is 0.0631. The summed E-state index contributed by atoms with van der Waals surface area (Å²) in [4.78, 5) is 14.2. The highest BCUT2D eigenvalue weighted by atomic mass is 16.3. The second-order valence-corrected chi connectivity index (χ2v) is 4.99. The quantitative estimate of drug-likeness (QED) is 0.819. The van der Waals surface area contributed by atoms with Crippen molar-refractivity contribution in [1.82, 2.24) is 15.1 Å². The van der Waals surface area contributed by atoms with Gasteiger partial charge in [0.05, 0.1) is 6.61 Å². The highest BCUT2D eigenvalue weighted by Gasteiger charge is 2.27. The van der Waals surface area contributed by atoms with E-state index in [1.807, 2.05) is 6.92 Å². The topological polar surface area (TPSA) is 78.4 Å². The highest BCUT2D eigenvalue weighted by Crippen LogP contribution is 2.24. The van der Waals surface area contributed by atoms with Gasteiger partial charge in [-0.15, -0.1) is 10.2 Å². The fourth-order valence-corrected chi connectivity index (χ4v) is 2.64. The third kappa shape index (κ3) is 3.45. The average Bonchev–Trinajstić information content (AvgIpc) is 2.99. The van der Waals surface area contributed by atoms with Crippen molar-refractivity contribution < 1.29 is 9.90 Å². The molecule has 0 bridgehead atoms. The Morgan fingerprint density at radius 3 is 2.70 bits per heavy atom. The molecule has 6 heteroatoms. The molecule has 1 aliphatic rings. The van der Waals surface area contributed by atoms with Crippen LogP contribution in [0.1, 0.15) is 43.1 Å². The van der Waals surface area contributed by atoms with Gasteiger partial charge in [-0.25, -0.2) is 0 Å². The molecule has 1 amide bonds. The van der Waals surface area contributed by atoms with Crippen LogP contribution in [0.5, 0.6) is 0 Å². The van der Waals surface area contributed by atoms with Crippen LogP contribution in [0.4, 0.5) is 5.82 Å². The molecule has 0 aliphatic heterocycles. The summed E-state index contributed by atoms with van der Waals surface area (Å²) in [5, 5.41) is 20.2. The van der Waals surface area contributed by atoms with Crippen LogP contribution in [0.2, 0.25) is 0 Å². The fourth-order valence-electron chi connectivity index (χ4n) is 2.64.